The third kappa shape index (κ3) is 49.3. The van der Waals surface area contributed by atoms with Gasteiger partial charge in [0.1, 0.15) is 0 Å². The molecule has 0 heterocycles. The molecule has 0 aliphatic carbocycles. The predicted molar refractivity (Wildman–Crippen MR) is 430 cm³/mol. The highest BCUT2D eigenvalue weighted by Crippen LogP contribution is 2.45. The van der Waals surface area contributed by atoms with Crippen LogP contribution >= 0.6 is 0 Å². The van der Waals surface area contributed by atoms with E-state index in [1.54, 1.807) is 0 Å². The highest BCUT2D eigenvalue weighted by molar-refractivity contribution is 6.98. The van der Waals surface area contributed by atoms with Crippen LogP contribution in [0.1, 0.15) is 76.3 Å². The standard InChI is InChI=1S/C20H36OSi3.C17H35F3OSi3.C14H34OSi3.C11H26OSi3.5CH4/c1-10-22(4,5)17-20(3,19-15-13-12-14-16-19)18-24(8,9)21-23(6,7)11-2;1-10-22(4,5)14-16(3,12-13-17(18,19)20)15-24(8,9)21-23(6,7)11-2;1-11-14(2,12-16(3,4)5)13-18(9,10)15-17(6,7)8;1-9-13(3,4)11-15(7,8)12-14(5,6)10-2;;;;;/h10-16H,1-2,17-18H2,3-9H3;10-11H,1-2,12-15H2,3-9H3;11H,1,12-13H2,2-10H3;9-10H,1-2,11H2,3-8H3;5*1H4. The lowest BCUT2D eigenvalue weighted by Gasteiger charge is -2.42. The maximum absolute atomic E-state index is 12.8. The first-order valence-corrected chi connectivity index (χ1v) is 68.3. The minimum Gasteiger partial charge on any atom is -0.456 e. The molecule has 0 saturated carbocycles. The highest BCUT2D eigenvalue weighted by atomic mass is 28.5. The van der Waals surface area contributed by atoms with Crippen molar-refractivity contribution >= 4 is 98.8 Å². The molecule has 0 bridgehead atoms. The highest BCUT2D eigenvalue weighted by Gasteiger charge is 2.45. The Hall–Kier alpha value is -0.367. The van der Waals surface area contributed by atoms with Gasteiger partial charge in [0, 0.05) is 14.5 Å². The minimum absolute atomic E-state index is 0. The van der Waals surface area contributed by atoms with Crippen LogP contribution in [0, 0.1) is 10.8 Å². The fourth-order valence-corrected chi connectivity index (χ4v) is 64.0. The summed E-state index contributed by atoms with van der Waals surface area (Å²) in [4.78, 5) is 0. The molecule has 4 nitrogen and oxygen atoms in total. The quantitative estimate of drug-likeness (QED) is 0.0532. The summed E-state index contributed by atoms with van der Waals surface area (Å²) in [6, 6.07) is 17.4. The van der Waals surface area contributed by atoms with Crippen LogP contribution in [0.4, 0.5) is 13.2 Å². The lowest BCUT2D eigenvalue weighted by molar-refractivity contribution is -0.139. The molecule has 0 aliphatic heterocycles. The second-order valence-electron chi connectivity index (χ2n) is 33.1. The van der Waals surface area contributed by atoms with E-state index in [1.165, 1.54) is 29.4 Å². The molecule has 0 fully saturated rings. The van der Waals surface area contributed by atoms with Gasteiger partial charge in [-0.15, -0.1) is 63.2 Å². The zero-order valence-corrected chi connectivity index (χ0v) is 70.5. The molecule has 86 heavy (non-hydrogen) atoms. The topological polar surface area (TPSA) is 36.9 Å². The number of hydrogen-bond donors (Lipinski definition) is 0. The summed E-state index contributed by atoms with van der Waals surface area (Å²) in [6.07, 6.45) is -2.48. The third-order valence-electron chi connectivity index (χ3n) is 14.4. The average Bonchev–Trinajstić information content (AvgIpc) is 3.22. The normalized spacial score (nSPS) is 15.0. The first kappa shape index (κ1) is 102. The predicted octanol–water partition coefficient (Wildman–Crippen LogP) is 26.3. The van der Waals surface area contributed by atoms with E-state index in [9.17, 15) is 13.2 Å². The van der Waals surface area contributed by atoms with E-state index >= 15 is 0 Å². The van der Waals surface area contributed by atoms with Crippen molar-refractivity contribution in [2.24, 2.45) is 10.8 Å². The molecule has 0 amide bonds. The van der Waals surface area contributed by atoms with Gasteiger partial charge in [0.25, 0.3) is 0 Å². The summed E-state index contributed by atoms with van der Waals surface area (Å²) in [5, 5.41) is 0. The number of benzene rings is 1. The van der Waals surface area contributed by atoms with Crippen molar-refractivity contribution in [3.63, 3.8) is 0 Å². The molecule has 1 aromatic rings. The number of halogens is 3. The summed E-state index contributed by atoms with van der Waals surface area (Å²) in [6.45, 7) is 94.2. The van der Waals surface area contributed by atoms with Gasteiger partial charge in [-0.3, -0.25) is 0 Å². The summed E-state index contributed by atoms with van der Waals surface area (Å²) < 4.78 is 64.4. The summed E-state index contributed by atoms with van der Waals surface area (Å²) in [5.41, 5.74) is 15.1. The van der Waals surface area contributed by atoms with Crippen LogP contribution in [-0.4, -0.2) is 105 Å². The van der Waals surface area contributed by atoms with Crippen molar-refractivity contribution in [3.05, 3.63) is 122 Å². The maximum Gasteiger partial charge on any atom is 0.389 e. The molecular weight excluding hydrogens is 1260 g/mol. The van der Waals surface area contributed by atoms with E-state index in [2.05, 4.69) is 284 Å². The summed E-state index contributed by atoms with van der Waals surface area (Å²) >= 11 is 0. The van der Waals surface area contributed by atoms with Gasteiger partial charge in [-0.25, -0.2) is 0 Å². The molecule has 0 spiro atoms. The maximum atomic E-state index is 12.8. The Balaban J connectivity index is -0.000000157. The Morgan fingerprint density at radius 1 is 0.384 bits per heavy atom. The first-order valence-electron chi connectivity index (χ1n) is 29.9. The number of hydrogen-bond acceptors (Lipinski definition) is 4. The van der Waals surface area contributed by atoms with Gasteiger partial charge in [-0.1, -0.05) is 170 Å². The molecule has 1 rings (SSSR count). The van der Waals surface area contributed by atoms with E-state index in [1.807, 2.05) is 24.0 Å². The molecular formula is C67H151F3O4Si12. The number of alkyl halides is 3. The van der Waals surface area contributed by atoms with Gasteiger partial charge in [-0.05, 0) is 181 Å². The van der Waals surface area contributed by atoms with Crippen molar-refractivity contribution < 1.29 is 29.6 Å². The zero-order valence-electron chi connectivity index (χ0n) is 58.5. The van der Waals surface area contributed by atoms with Crippen molar-refractivity contribution in [3.8, 4) is 0 Å². The molecule has 0 radical (unpaired) electrons. The molecule has 1 aromatic carbocycles. The van der Waals surface area contributed by atoms with Gasteiger partial charge >= 0.3 is 6.18 Å². The Kier molecular flexibility index (Phi) is 45.8. The Morgan fingerprint density at radius 2 is 0.721 bits per heavy atom. The SMILES string of the molecule is C.C.C.C.C.C=CC(C)(C[Si](C)(C)C)C[Si](C)(C)O[Si](C)(C)C.C=C[Si](C)(C)CC(C)(CCC(F)(F)F)C[Si](C)(C)O[Si](C)(C)C=C.C=C[Si](C)(C)CC(C)(C[Si](C)(C)O[Si](C)(C)C=C)c1ccccc1.C=C[Si](C)(C)C[Si](C)(C)O[Si](C)(C)C=C. The van der Waals surface area contributed by atoms with E-state index in [4.69, 9.17) is 16.5 Å². The molecule has 19 heteroatoms. The van der Waals surface area contributed by atoms with Gasteiger partial charge in [-0.2, -0.15) is 13.2 Å². The fourth-order valence-electron chi connectivity index (χ4n) is 12.8. The van der Waals surface area contributed by atoms with Crippen LogP contribution in [0.25, 0.3) is 0 Å². The minimum atomic E-state index is -4.11. The summed E-state index contributed by atoms with van der Waals surface area (Å²) in [7, 11) is -19.2. The second-order valence-corrected chi connectivity index (χ2v) is 87.3. The van der Waals surface area contributed by atoms with E-state index in [-0.39, 0.29) is 59.8 Å². The average molecular weight is 1410 g/mol. The Labute approximate surface area is 551 Å². The van der Waals surface area contributed by atoms with Crippen LogP contribution in [0.2, 0.25) is 212 Å². The van der Waals surface area contributed by atoms with Crippen LogP contribution < -0.4 is 0 Å². The molecule has 512 valence electrons. The molecule has 3 unspecified atom stereocenters. The van der Waals surface area contributed by atoms with Crippen LogP contribution in [0.5, 0.6) is 0 Å². The second kappa shape index (κ2) is 38.7. The van der Waals surface area contributed by atoms with Gasteiger partial charge in [0.2, 0.25) is 0 Å². The van der Waals surface area contributed by atoms with Crippen molar-refractivity contribution in [1.29, 1.82) is 0 Å². The molecule has 0 saturated heterocycles. The first-order chi connectivity index (χ1) is 35.5. The van der Waals surface area contributed by atoms with Crippen molar-refractivity contribution in [2.75, 3.05) is 0 Å². The van der Waals surface area contributed by atoms with Gasteiger partial charge < -0.3 is 16.5 Å². The van der Waals surface area contributed by atoms with Crippen molar-refractivity contribution in [2.45, 2.75) is 294 Å². The lowest BCUT2D eigenvalue weighted by atomic mass is 9.86. The molecule has 3 atom stereocenters. The fraction of sp³-hybridized carbons (Fsp3) is 0.701. The van der Waals surface area contributed by atoms with E-state index in [0.29, 0.717) is 0 Å². The lowest BCUT2D eigenvalue weighted by Crippen LogP contribution is -2.48. The Morgan fingerprint density at radius 3 is 1.03 bits per heavy atom. The van der Waals surface area contributed by atoms with Crippen LogP contribution in [0.15, 0.2) is 117 Å². The number of allylic oxidation sites excluding steroid dienone is 1. The summed E-state index contributed by atoms with van der Waals surface area (Å²) in [5.74, 6) is 0. The zero-order chi connectivity index (χ0) is 65.3. The van der Waals surface area contributed by atoms with Crippen LogP contribution in [0.3, 0.4) is 0 Å². The largest absolute Gasteiger partial charge is 0.456 e. The van der Waals surface area contributed by atoms with E-state index in [0.717, 1.165) is 18.1 Å². The Bertz CT molecular complexity index is 2100. The molecule has 0 N–H and O–H groups in total. The van der Waals surface area contributed by atoms with Gasteiger partial charge in [0.05, 0.1) is 24.2 Å². The smallest absolute Gasteiger partial charge is 0.389 e. The third-order valence-corrected chi connectivity index (χ3v) is 55.6. The monoisotopic (exact) mass is 1410 g/mol. The molecule has 0 aliphatic rings. The van der Waals surface area contributed by atoms with Crippen molar-refractivity contribution in [1.82, 2.24) is 0 Å². The van der Waals surface area contributed by atoms with Gasteiger partial charge in [0.15, 0.2) is 66.5 Å². The van der Waals surface area contributed by atoms with E-state index < -0.39 is 111 Å². The molecule has 0 aromatic heterocycles. The number of rotatable bonds is 32. The van der Waals surface area contributed by atoms with Crippen LogP contribution in [-0.2, 0) is 21.9 Å².